The van der Waals surface area contributed by atoms with Crippen LogP contribution in [0.2, 0.25) is 0 Å². The van der Waals surface area contributed by atoms with Crippen molar-refractivity contribution in [3.05, 3.63) is 168 Å². The van der Waals surface area contributed by atoms with Crippen LogP contribution in [0, 0.1) is 48.0 Å². The zero-order valence-electron chi connectivity index (χ0n) is 23.3. The third-order valence-electron chi connectivity index (χ3n) is 8.92. The van der Waals surface area contributed by atoms with Gasteiger partial charge in [0, 0.05) is 26.4 Å². The van der Waals surface area contributed by atoms with Crippen LogP contribution in [0.1, 0.15) is 5.56 Å². The molecule has 1 nitrogen and oxygen atoms in total. The Morgan fingerprint density at radius 3 is 1.83 bits per heavy atom. The molecule has 0 bridgehead atoms. The molecule has 0 amide bonds. The van der Waals surface area contributed by atoms with E-state index in [1.165, 1.54) is 88.1 Å². The van der Waals surface area contributed by atoms with Gasteiger partial charge in [0.25, 0.3) is 0 Å². The van der Waals surface area contributed by atoms with Crippen molar-refractivity contribution in [2.45, 2.75) is 6.92 Å². The maximum absolute atomic E-state index is 2.32. The fraction of sp³-hybridized carbons (Fsp3) is 0.0513. The van der Waals surface area contributed by atoms with Gasteiger partial charge in [-0.2, -0.15) is 4.57 Å². The quantitative estimate of drug-likeness (QED) is 0.173. The molecule has 42 heavy (non-hydrogen) atoms. The molecular weight excluding hydrogens is 547 g/mol. The van der Waals surface area contributed by atoms with Crippen LogP contribution in [0.5, 0.6) is 0 Å². The third-order valence-corrected chi connectivity index (χ3v) is 11.5. The van der Waals surface area contributed by atoms with E-state index in [0.717, 1.165) is 0 Å². The van der Waals surface area contributed by atoms with Crippen molar-refractivity contribution in [2.75, 3.05) is 0 Å². The molecule has 8 aromatic rings. The van der Waals surface area contributed by atoms with Crippen molar-refractivity contribution in [3.63, 3.8) is 0 Å². The fourth-order valence-electron chi connectivity index (χ4n) is 6.93. The van der Waals surface area contributed by atoms with Crippen LogP contribution < -0.4 is 4.57 Å². The molecule has 0 unspecified atom stereocenters. The number of pyridine rings is 1. The monoisotopic (exact) mass is 572 g/mol. The molecule has 3 heteroatoms. The molecule has 0 radical (unpaired) electrons. The Bertz CT molecular complexity index is 2830. The Labute approximate surface area is 249 Å². The standard InChI is InChI=1S/C39H26NS2/c1-23-25-12-4-3-11-24(25)19-20-26(23)35-37-33(21-22-40(35)2)38-39(42-37)34-31-17-9-7-15-29(31)27-13-5-6-14-28(27)30-16-8-10-18-32(30)36(34)41-38/h3-22H,1-2H3/q+1. The first kappa shape index (κ1) is 24.1. The fourth-order valence-corrected chi connectivity index (χ4v) is 9.95. The van der Waals surface area contributed by atoms with Gasteiger partial charge in [-0.05, 0) is 55.4 Å². The number of benzene rings is 5. The summed E-state index contributed by atoms with van der Waals surface area (Å²) in [6.07, 6.45) is 2.24. The van der Waals surface area contributed by atoms with Gasteiger partial charge in [0.15, 0.2) is 6.20 Å². The Kier molecular flexibility index (Phi) is 5.14. The van der Waals surface area contributed by atoms with E-state index in [0.29, 0.717) is 0 Å². The van der Waals surface area contributed by atoms with E-state index in [4.69, 9.17) is 0 Å². The first-order valence-electron chi connectivity index (χ1n) is 14.3. The second kappa shape index (κ2) is 8.96. The van der Waals surface area contributed by atoms with Gasteiger partial charge in [-0.15, -0.1) is 22.7 Å². The number of aromatic nitrogens is 1. The van der Waals surface area contributed by atoms with Gasteiger partial charge in [-0.1, -0.05) is 103 Å². The summed E-state index contributed by atoms with van der Waals surface area (Å²) < 4.78 is 7.80. The highest BCUT2D eigenvalue weighted by Crippen LogP contribution is 2.43. The van der Waals surface area contributed by atoms with Crippen LogP contribution in [-0.2, 0) is 7.05 Å². The van der Waals surface area contributed by atoms with E-state index in [-0.39, 0.29) is 0 Å². The minimum atomic E-state index is 1.29. The molecule has 3 aromatic heterocycles. The lowest BCUT2D eigenvalue weighted by molar-refractivity contribution is -0.659. The lowest BCUT2D eigenvalue weighted by Crippen LogP contribution is -2.30. The predicted octanol–water partition coefficient (Wildman–Crippen LogP) is 9.53. The number of nitrogens with zero attached hydrogens (tertiary/aromatic N) is 1. The molecule has 0 fully saturated rings. The molecule has 0 saturated heterocycles. The van der Waals surface area contributed by atoms with Gasteiger partial charge in [0.05, 0.1) is 15.0 Å². The van der Waals surface area contributed by atoms with Gasteiger partial charge in [-0.25, -0.2) is 0 Å². The second-order valence-corrected chi connectivity index (χ2v) is 13.2. The Morgan fingerprint density at radius 2 is 1.10 bits per heavy atom. The molecule has 0 N–H and O–H groups in total. The molecular formula is C39H26NS2+. The average Bonchev–Trinajstić information content (AvgIpc) is 3.57. The number of rotatable bonds is 1. The summed E-state index contributed by atoms with van der Waals surface area (Å²) in [5.74, 6) is 0. The molecule has 1 aliphatic rings. The summed E-state index contributed by atoms with van der Waals surface area (Å²) in [5.41, 5.74) is 3.93. The Hall–Kier alpha value is -4.57. The maximum Gasteiger partial charge on any atom is 0.230 e. The van der Waals surface area contributed by atoms with Crippen LogP contribution in [0.25, 0.3) is 41.5 Å². The largest absolute Gasteiger partial charge is 0.230 e. The van der Waals surface area contributed by atoms with Crippen LogP contribution in [0.4, 0.5) is 0 Å². The topological polar surface area (TPSA) is 3.88 Å². The van der Waals surface area contributed by atoms with E-state index in [1.807, 2.05) is 22.7 Å². The molecule has 0 aliphatic heterocycles. The van der Waals surface area contributed by atoms with E-state index in [1.54, 1.807) is 0 Å². The molecule has 0 spiro atoms. The zero-order chi connectivity index (χ0) is 27.9. The minimum Gasteiger partial charge on any atom is -0.200 e. The van der Waals surface area contributed by atoms with Crippen molar-refractivity contribution in [1.29, 1.82) is 0 Å². The van der Waals surface area contributed by atoms with Crippen LogP contribution in [0.15, 0.2) is 121 Å². The van der Waals surface area contributed by atoms with Crippen molar-refractivity contribution < 1.29 is 4.57 Å². The van der Waals surface area contributed by atoms with Gasteiger partial charge in [0.1, 0.15) is 11.7 Å². The van der Waals surface area contributed by atoms with E-state index >= 15 is 0 Å². The lowest BCUT2D eigenvalue weighted by Gasteiger charge is -2.09. The number of hydrogen-bond donors (Lipinski definition) is 0. The lowest BCUT2D eigenvalue weighted by atomic mass is 9.97. The van der Waals surface area contributed by atoms with E-state index in [9.17, 15) is 0 Å². The van der Waals surface area contributed by atoms with Crippen LogP contribution >= 0.6 is 22.7 Å². The third kappa shape index (κ3) is 3.26. The normalized spacial score (nSPS) is 12.0. The first-order chi connectivity index (χ1) is 20.7. The highest BCUT2D eigenvalue weighted by molar-refractivity contribution is 7.32. The second-order valence-electron chi connectivity index (χ2n) is 11.2. The maximum atomic E-state index is 2.32. The summed E-state index contributed by atoms with van der Waals surface area (Å²) in [5, 5.41) is 13.2. The summed E-state index contributed by atoms with van der Waals surface area (Å²) in [4.78, 5) is 0. The summed E-state index contributed by atoms with van der Waals surface area (Å²) in [7, 11) is 2.18. The Morgan fingerprint density at radius 1 is 0.500 bits per heavy atom. The molecule has 1 aliphatic carbocycles. The Balaban J connectivity index is 1.56. The number of hydrogen-bond acceptors (Lipinski definition) is 2. The van der Waals surface area contributed by atoms with Gasteiger partial charge < -0.3 is 0 Å². The first-order valence-corrected chi connectivity index (χ1v) is 16.0. The number of fused-ring (bicyclic) bond motifs is 9. The number of aryl methyl sites for hydroxylation is 2. The van der Waals surface area contributed by atoms with Crippen molar-refractivity contribution in [1.82, 2.24) is 0 Å². The molecule has 0 saturated carbocycles. The summed E-state index contributed by atoms with van der Waals surface area (Å²) in [6, 6.07) is 42.5. The highest BCUT2D eigenvalue weighted by atomic mass is 32.1. The molecule has 0 atom stereocenters. The summed E-state index contributed by atoms with van der Waals surface area (Å²) in [6.45, 7) is 2.27. The van der Waals surface area contributed by atoms with Crippen molar-refractivity contribution >= 4 is 52.9 Å². The van der Waals surface area contributed by atoms with Crippen molar-refractivity contribution in [2.24, 2.45) is 7.05 Å². The molecule has 5 aromatic carbocycles. The molecule has 198 valence electrons. The zero-order valence-corrected chi connectivity index (χ0v) is 24.9. The van der Waals surface area contributed by atoms with Gasteiger partial charge >= 0.3 is 0 Å². The SMILES string of the molecule is Cc1c(-c2c3sc4c5c(sc4c3cc[n+]2C)=c2ccccc2=c2ccccc2=c2ccccc2=5)ccc2ccccc12. The van der Waals surface area contributed by atoms with Crippen molar-refractivity contribution in [3.8, 4) is 11.3 Å². The van der Waals surface area contributed by atoms with Gasteiger partial charge in [-0.3, -0.25) is 0 Å². The van der Waals surface area contributed by atoms with Gasteiger partial charge in [0.2, 0.25) is 5.69 Å². The van der Waals surface area contributed by atoms with E-state index < -0.39 is 0 Å². The van der Waals surface area contributed by atoms with Crippen LogP contribution in [0.3, 0.4) is 0 Å². The highest BCUT2D eigenvalue weighted by Gasteiger charge is 2.23. The smallest absolute Gasteiger partial charge is 0.200 e. The molecule has 3 heterocycles. The summed E-state index contributed by atoms with van der Waals surface area (Å²) >= 11 is 3.91. The minimum absolute atomic E-state index is 1.29. The number of thiophene rings is 2. The predicted molar refractivity (Wildman–Crippen MR) is 176 cm³/mol. The molecule has 9 rings (SSSR count). The van der Waals surface area contributed by atoms with E-state index in [2.05, 4.69) is 140 Å². The average molecular weight is 573 g/mol. The van der Waals surface area contributed by atoms with Crippen LogP contribution in [-0.4, -0.2) is 0 Å².